The van der Waals surface area contributed by atoms with Crippen LogP contribution in [0.1, 0.15) is 16.7 Å². The highest BCUT2D eigenvalue weighted by Gasteiger charge is 2.01. The Morgan fingerprint density at radius 3 is 2.68 bits per heavy atom. The summed E-state index contributed by atoms with van der Waals surface area (Å²) in [5.74, 6) is 0.259. The molecule has 0 saturated carbocycles. The van der Waals surface area contributed by atoms with Gasteiger partial charge in [-0.25, -0.2) is 5.43 Å². The summed E-state index contributed by atoms with van der Waals surface area (Å²) in [5.41, 5.74) is 5.65. The van der Waals surface area contributed by atoms with Crippen LogP contribution in [0.15, 0.2) is 47.6 Å². The summed E-state index contributed by atoms with van der Waals surface area (Å²) < 4.78 is 5.32. The Morgan fingerprint density at radius 1 is 1.23 bits per heavy atom. The Bertz CT molecular complexity index is 682. The van der Waals surface area contributed by atoms with Gasteiger partial charge in [0.1, 0.15) is 5.75 Å². The number of halogens is 1. The third-order valence-corrected chi connectivity index (χ3v) is 3.26. The van der Waals surface area contributed by atoms with Crippen molar-refractivity contribution >= 4 is 23.7 Å². The first-order valence-corrected chi connectivity index (χ1v) is 7.20. The minimum Gasteiger partial charge on any atom is -0.484 e. The molecular weight excluding hydrogens is 300 g/mol. The molecule has 2 aromatic carbocycles. The molecule has 0 atom stereocenters. The molecule has 0 spiro atoms. The van der Waals surface area contributed by atoms with Crippen LogP contribution in [-0.2, 0) is 4.79 Å². The van der Waals surface area contributed by atoms with Crippen molar-refractivity contribution in [3.8, 4) is 5.75 Å². The first-order valence-electron chi connectivity index (χ1n) is 6.82. The molecule has 1 amide bonds. The minimum absolute atomic E-state index is 0.105. The van der Waals surface area contributed by atoms with Gasteiger partial charge in [0.2, 0.25) is 0 Å². The van der Waals surface area contributed by atoms with Crippen molar-refractivity contribution in [1.29, 1.82) is 0 Å². The van der Waals surface area contributed by atoms with E-state index in [0.717, 1.165) is 16.7 Å². The van der Waals surface area contributed by atoms with E-state index in [-0.39, 0.29) is 12.5 Å². The average Bonchev–Trinajstić information content (AvgIpc) is 2.50. The predicted octanol–water partition coefficient (Wildman–Crippen LogP) is 3.49. The normalized spacial score (nSPS) is 10.7. The van der Waals surface area contributed by atoms with E-state index in [1.165, 1.54) is 0 Å². The number of carbonyl (C=O) groups excluding carboxylic acids is 1. The van der Waals surface area contributed by atoms with E-state index in [4.69, 9.17) is 16.3 Å². The van der Waals surface area contributed by atoms with Crippen LogP contribution in [0, 0.1) is 13.8 Å². The molecule has 22 heavy (non-hydrogen) atoms. The molecule has 0 unspecified atom stereocenters. The van der Waals surface area contributed by atoms with Crippen molar-refractivity contribution in [3.63, 3.8) is 0 Å². The molecule has 4 nitrogen and oxygen atoms in total. The zero-order chi connectivity index (χ0) is 15.9. The fourth-order valence-corrected chi connectivity index (χ4v) is 1.91. The maximum absolute atomic E-state index is 11.6. The Kier molecular flexibility index (Phi) is 5.55. The number of benzene rings is 2. The summed E-state index contributed by atoms with van der Waals surface area (Å²) in [6.45, 7) is 3.90. The highest BCUT2D eigenvalue weighted by Crippen LogP contribution is 2.15. The number of hydrogen-bond donors (Lipinski definition) is 1. The van der Waals surface area contributed by atoms with Gasteiger partial charge < -0.3 is 4.74 Å². The van der Waals surface area contributed by atoms with E-state index in [1.807, 2.05) is 32.0 Å². The Balaban J connectivity index is 1.83. The van der Waals surface area contributed by atoms with Crippen LogP contribution >= 0.6 is 11.6 Å². The lowest BCUT2D eigenvalue weighted by molar-refractivity contribution is -0.123. The zero-order valence-corrected chi connectivity index (χ0v) is 13.2. The van der Waals surface area contributed by atoms with Crippen LogP contribution in [0.5, 0.6) is 5.75 Å². The lowest BCUT2D eigenvalue weighted by atomic mass is 10.1. The van der Waals surface area contributed by atoms with Gasteiger partial charge in [-0.2, -0.15) is 5.10 Å². The molecule has 2 rings (SSSR count). The number of ether oxygens (including phenoxy) is 1. The van der Waals surface area contributed by atoms with Crippen LogP contribution in [0.4, 0.5) is 0 Å². The first-order chi connectivity index (χ1) is 10.5. The van der Waals surface area contributed by atoms with Crippen molar-refractivity contribution in [2.24, 2.45) is 5.10 Å². The number of nitrogens with zero attached hydrogens (tertiary/aromatic N) is 1. The van der Waals surface area contributed by atoms with Gasteiger partial charge in [-0.05, 0) is 49.2 Å². The lowest BCUT2D eigenvalue weighted by Gasteiger charge is -2.05. The molecule has 0 aliphatic carbocycles. The van der Waals surface area contributed by atoms with Crippen molar-refractivity contribution in [2.75, 3.05) is 6.61 Å². The monoisotopic (exact) mass is 316 g/mol. The zero-order valence-electron chi connectivity index (χ0n) is 12.5. The predicted molar refractivity (Wildman–Crippen MR) is 88.6 cm³/mol. The fourth-order valence-electron chi connectivity index (χ4n) is 1.78. The molecular formula is C17H17ClN2O2. The summed E-state index contributed by atoms with van der Waals surface area (Å²) in [5, 5.41) is 4.56. The number of rotatable bonds is 5. The van der Waals surface area contributed by atoms with Gasteiger partial charge in [0.05, 0.1) is 6.21 Å². The van der Waals surface area contributed by atoms with Crippen molar-refractivity contribution in [3.05, 3.63) is 64.2 Å². The van der Waals surface area contributed by atoms with Crippen molar-refractivity contribution in [2.45, 2.75) is 13.8 Å². The van der Waals surface area contributed by atoms with E-state index in [0.29, 0.717) is 10.8 Å². The van der Waals surface area contributed by atoms with Gasteiger partial charge in [-0.1, -0.05) is 35.4 Å². The number of aryl methyl sites for hydroxylation is 2. The minimum atomic E-state index is -0.323. The van der Waals surface area contributed by atoms with E-state index >= 15 is 0 Å². The molecule has 5 heteroatoms. The van der Waals surface area contributed by atoms with Crippen LogP contribution in [-0.4, -0.2) is 18.7 Å². The molecule has 0 aliphatic rings. The van der Waals surface area contributed by atoms with Gasteiger partial charge in [-0.3, -0.25) is 4.79 Å². The molecule has 0 aliphatic heterocycles. The topological polar surface area (TPSA) is 50.7 Å². The lowest BCUT2D eigenvalue weighted by Crippen LogP contribution is -2.24. The molecule has 114 valence electrons. The number of hydrazone groups is 1. The van der Waals surface area contributed by atoms with Crippen molar-refractivity contribution in [1.82, 2.24) is 5.43 Å². The average molecular weight is 317 g/mol. The second kappa shape index (κ2) is 7.61. The van der Waals surface area contributed by atoms with Crippen LogP contribution in [0.3, 0.4) is 0 Å². The van der Waals surface area contributed by atoms with Gasteiger partial charge in [0, 0.05) is 5.02 Å². The van der Waals surface area contributed by atoms with Crippen LogP contribution in [0.25, 0.3) is 0 Å². The van der Waals surface area contributed by atoms with Crippen molar-refractivity contribution < 1.29 is 9.53 Å². The first kappa shape index (κ1) is 16.0. The largest absolute Gasteiger partial charge is 0.484 e. The van der Waals surface area contributed by atoms with E-state index in [9.17, 15) is 4.79 Å². The second-order valence-corrected chi connectivity index (χ2v) is 5.33. The number of carbonyl (C=O) groups is 1. The Morgan fingerprint density at radius 2 is 1.95 bits per heavy atom. The SMILES string of the molecule is Cc1ccc(C)c(C=NNC(=O)COc2ccc(Cl)cc2)c1. The molecule has 0 heterocycles. The fraction of sp³-hybridized carbons (Fsp3) is 0.176. The van der Waals surface area contributed by atoms with E-state index < -0.39 is 0 Å². The summed E-state index contributed by atoms with van der Waals surface area (Å²) in [7, 11) is 0. The third-order valence-electron chi connectivity index (χ3n) is 3.01. The summed E-state index contributed by atoms with van der Waals surface area (Å²) in [6.07, 6.45) is 1.63. The quantitative estimate of drug-likeness (QED) is 0.678. The van der Waals surface area contributed by atoms with Gasteiger partial charge >= 0.3 is 0 Å². The highest BCUT2D eigenvalue weighted by molar-refractivity contribution is 6.30. The molecule has 0 bridgehead atoms. The van der Waals surface area contributed by atoms with Gasteiger partial charge in [0.15, 0.2) is 6.61 Å². The highest BCUT2D eigenvalue weighted by atomic mass is 35.5. The second-order valence-electron chi connectivity index (χ2n) is 4.90. The van der Waals surface area contributed by atoms with E-state index in [2.05, 4.69) is 10.5 Å². The summed E-state index contributed by atoms with van der Waals surface area (Å²) in [6, 6.07) is 12.9. The standard InChI is InChI=1S/C17H17ClN2O2/c1-12-3-4-13(2)14(9-12)10-19-20-17(21)11-22-16-7-5-15(18)6-8-16/h3-10H,11H2,1-2H3,(H,20,21). The smallest absolute Gasteiger partial charge is 0.277 e. The van der Waals surface area contributed by atoms with Gasteiger partial charge in [0.25, 0.3) is 5.91 Å². The summed E-state index contributed by atoms with van der Waals surface area (Å²) >= 11 is 5.77. The third kappa shape index (κ3) is 4.90. The van der Waals surface area contributed by atoms with Crippen LogP contribution < -0.4 is 10.2 Å². The molecule has 2 aromatic rings. The number of hydrogen-bond acceptors (Lipinski definition) is 3. The number of amides is 1. The Hall–Kier alpha value is -2.33. The number of nitrogens with one attached hydrogen (secondary N) is 1. The molecule has 0 aromatic heterocycles. The molecule has 0 saturated heterocycles. The maximum atomic E-state index is 11.6. The maximum Gasteiger partial charge on any atom is 0.277 e. The van der Waals surface area contributed by atoms with Gasteiger partial charge in [-0.15, -0.1) is 0 Å². The summed E-state index contributed by atoms with van der Waals surface area (Å²) in [4.78, 5) is 11.6. The molecule has 0 fully saturated rings. The van der Waals surface area contributed by atoms with E-state index in [1.54, 1.807) is 30.5 Å². The Labute approximate surface area is 134 Å². The van der Waals surface area contributed by atoms with Crippen LogP contribution in [0.2, 0.25) is 5.02 Å². The molecule has 0 radical (unpaired) electrons. The molecule has 1 N–H and O–H groups in total.